The maximum Gasteiger partial charge on any atom is 0.358 e. The summed E-state index contributed by atoms with van der Waals surface area (Å²) < 4.78 is 13.8. The molecule has 0 N–H and O–H groups in total. The van der Waals surface area contributed by atoms with Crippen LogP contribution in [0.4, 0.5) is 0 Å². The van der Waals surface area contributed by atoms with E-state index in [9.17, 15) is 14.4 Å². The van der Waals surface area contributed by atoms with Crippen molar-refractivity contribution < 1.29 is 19.1 Å². The number of esters is 1. The van der Waals surface area contributed by atoms with Crippen molar-refractivity contribution in [3.05, 3.63) is 63.7 Å². The molecule has 3 rings (SSSR count). The molecule has 7 heteroatoms. The summed E-state index contributed by atoms with van der Waals surface area (Å²) in [6.07, 6.45) is 0. The second kappa shape index (κ2) is 8.34. The van der Waals surface area contributed by atoms with Crippen LogP contribution >= 0.6 is 0 Å². The molecule has 0 saturated carbocycles. The number of ketones is 1. The number of aryl methyl sites for hydroxylation is 2. The highest BCUT2D eigenvalue weighted by molar-refractivity contribution is 6.02. The van der Waals surface area contributed by atoms with Crippen molar-refractivity contribution in [3.8, 4) is 5.75 Å². The number of rotatable bonds is 7. The largest absolute Gasteiger partial charge is 0.490 e. The summed E-state index contributed by atoms with van der Waals surface area (Å²) in [6, 6.07) is 10.6. The first-order valence-corrected chi connectivity index (χ1v) is 9.51. The van der Waals surface area contributed by atoms with Gasteiger partial charge in [0, 0.05) is 18.3 Å². The molecule has 2 aromatic heterocycles. The number of hydrogen-bond acceptors (Lipinski definition) is 5. The van der Waals surface area contributed by atoms with Crippen LogP contribution in [0.15, 0.2) is 41.2 Å². The lowest BCUT2D eigenvalue weighted by Gasteiger charge is -2.11. The van der Waals surface area contributed by atoms with Crippen LogP contribution in [-0.4, -0.2) is 34.1 Å². The Hall–Kier alpha value is -3.35. The van der Waals surface area contributed by atoms with Gasteiger partial charge < -0.3 is 18.6 Å². The summed E-state index contributed by atoms with van der Waals surface area (Å²) in [6.45, 7) is 5.64. The second-order valence-electron chi connectivity index (χ2n) is 6.62. The lowest BCUT2D eigenvalue weighted by molar-refractivity contribution is 0.0511. The van der Waals surface area contributed by atoms with Crippen LogP contribution in [0.3, 0.4) is 0 Å². The van der Waals surface area contributed by atoms with Crippen LogP contribution in [0.25, 0.3) is 10.9 Å². The van der Waals surface area contributed by atoms with Gasteiger partial charge in [0.25, 0.3) is 5.56 Å². The fraction of sp³-hybridized carbons (Fsp3) is 0.318. The Kier molecular flexibility index (Phi) is 5.87. The maximum atomic E-state index is 13.3. The van der Waals surface area contributed by atoms with Gasteiger partial charge >= 0.3 is 5.97 Å². The van der Waals surface area contributed by atoms with E-state index in [0.29, 0.717) is 16.8 Å². The lowest BCUT2D eigenvalue weighted by atomic mass is 10.1. The van der Waals surface area contributed by atoms with Crippen molar-refractivity contribution in [3.63, 3.8) is 0 Å². The van der Waals surface area contributed by atoms with Crippen molar-refractivity contribution in [1.29, 1.82) is 0 Å². The smallest absolute Gasteiger partial charge is 0.358 e. The van der Waals surface area contributed by atoms with Gasteiger partial charge in [-0.25, -0.2) is 4.79 Å². The number of ether oxygens (including phenoxy) is 2. The van der Waals surface area contributed by atoms with E-state index in [1.54, 1.807) is 62.7 Å². The van der Waals surface area contributed by atoms with Crippen LogP contribution in [0.5, 0.6) is 5.75 Å². The number of carbonyl (C=O) groups excluding carboxylic acids is 2. The molecule has 0 aliphatic heterocycles. The molecule has 0 fully saturated rings. The minimum absolute atomic E-state index is 0.0974. The zero-order valence-electron chi connectivity index (χ0n) is 17.0. The lowest BCUT2D eigenvalue weighted by Crippen LogP contribution is -2.26. The maximum absolute atomic E-state index is 13.3. The molecule has 3 aromatic rings. The van der Waals surface area contributed by atoms with E-state index >= 15 is 0 Å². The SMILES string of the molecule is CCOC(=O)c1c(OCC)c2c(=O)n(CC(=O)c3ccccc3)c(C)cc2n1C. The third-order valence-corrected chi connectivity index (χ3v) is 4.78. The van der Waals surface area contributed by atoms with Crippen molar-refractivity contribution in [1.82, 2.24) is 9.13 Å². The van der Waals surface area contributed by atoms with Crippen LogP contribution in [0.1, 0.15) is 40.4 Å². The molecular formula is C22H24N2O5. The van der Waals surface area contributed by atoms with Gasteiger partial charge in [0.05, 0.1) is 25.3 Å². The predicted molar refractivity (Wildman–Crippen MR) is 110 cm³/mol. The number of aromatic nitrogens is 2. The predicted octanol–water partition coefficient (Wildman–Crippen LogP) is 3.11. The van der Waals surface area contributed by atoms with Crippen LogP contribution in [-0.2, 0) is 18.3 Å². The molecule has 29 heavy (non-hydrogen) atoms. The summed E-state index contributed by atoms with van der Waals surface area (Å²) in [5.74, 6) is -0.539. The third-order valence-electron chi connectivity index (χ3n) is 4.78. The Balaban J connectivity index is 2.19. The minimum Gasteiger partial charge on any atom is -0.490 e. The summed E-state index contributed by atoms with van der Waals surface area (Å²) in [5, 5.41) is 0.267. The number of benzene rings is 1. The minimum atomic E-state index is -0.557. The highest BCUT2D eigenvalue weighted by Crippen LogP contribution is 2.31. The first-order valence-electron chi connectivity index (χ1n) is 9.51. The summed E-state index contributed by atoms with van der Waals surface area (Å²) in [7, 11) is 1.69. The Labute approximate surface area is 168 Å². The molecule has 0 aliphatic carbocycles. The summed E-state index contributed by atoms with van der Waals surface area (Å²) >= 11 is 0. The van der Waals surface area contributed by atoms with E-state index in [0.717, 1.165) is 0 Å². The molecule has 0 saturated heterocycles. The standard InChI is InChI=1S/C22H24N2O5/c1-5-28-20-18-16(23(4)19(20)22(27)29-6-2)12-14(3)24(21(18)26)13-17(25)15-10-8-7-9-11-15/h7-12H,5-6,13H2,1-4H3. The Morgan fingerprint density at radius 2 is 1.76 bits per heavy atom. The zero-order chi connectivity index (χ0) is 21.1. The highest BCUT2D eigenvalue weighted by Gasteiger charge is 2.27. The number of nitrogens with zero attached hydrogens (tertiary/aromatic N) is 2. The third kappa shape index (κ3) is 3.68. The Bertz CT molecular complexity index is 1130. The Morgan fingerprint density at radius 3 is 2.38 bits per heavy atom. The van der Waals surface area contributed by atoms with Crippen LogP contribution < -0.4 is 10.3 Å². The van der Waals surface area contributed by atoms with E-state index in [4.69, 9.17) is 9.47 Å². The van der Waals surface area contributed by atoms with E-state index < -0.39 is 5.97 Å². The number of pyridine rings is 1. The van der Waals surface area contributed by atoms with Crippen molar-refractivity contribution >= 4 is 22.7 Å². The number of Topliss-reactive ketones (excluding diaryl/α,β-unsaturated/α-hetero) is 1. The quantitative estimate of drug-likeness (QED) is 0.453. The fourth-order valence-electron chi connectivity index (χ4n) is 3.39. The normalized spacial score (nSPS) is 10.9. The molecule has 7 nitrogen and oxygen atoms in total. The van der Waals surface area contributed by atoms with Gasteiger partial charge in [-0.05, 0) is 26.8 Å². The van der Waals surface area contributed by atoms with E-state index in [-0.39, 0.29) is 47.9 Å². The van der Waals surface area contributed by atoms with Gasteiger partial charge in [-0.3, -0.25) is 9.59 Å². The van der Waals surface area contributed by atoms with Gasteiger partial charge in [0.15, 0.2) is 17.2 Å². The zero-order valence-corrected chi connectivity index (χ0v) is 17.0. The first-order chi connectivity index (χ1) is 13.9. The van der Waals surface area contributed by atoms with Crippen molar-refractivity contribution in [2.45, 2.75) is 27.3 Å². The fourth-order valence-corrected chi connectivity index (χ4v) is 3.39. The number of fused-ring (bicyclic) bond motifs is 1. The van der Waals surface area contributed by atoms with E-state index in [1.165, 1.54) is 4.57 Å². The number of hydrogen-bond donors (Lipinski definition) is 0. The second-order valence-corrected chi connectivity index (χ2v) is 6.62. The van der Waals surface area contributed by atoms with E-state index in [1.807, 2.05) is 6.07 Å². The van der Waals surface area contributed by atoms with Crippen molar-refractivity contribution in [2.24, 2.45) is 7.05 Å². The molecule has 0 amide bonds. The molecule has 0 radical (unpaired) electrons. The highest BCUT2D eigenvalue weighted by atomic mass is 16.5. The average Bonchev–Trinajstić information content (AvgIpc) is 2.98. The molecule has 0 unspecified atom stereocenters. The van der Waals surface area contributed by atoms with Gasteiger partial charge in [-0.15, -0.1) is 0 Å². The van der Waals surface area contributed by atoms with Gasteiger partial charge in [0.2, 0.25) is 0 Å². The number of carbonyl (C=O) groups is 2. The molecule has 0 bridgehead atoms. The monoisotopic (exact) mass is 396 g/mol. The molecule has 1 aromatic carbocycles. The molecule has 0 aliphatic rings. The van der Waals surface area contributed by atoms with Gasteiger partial charge in [-0.2, -0.15) is 0 Å². The summed E-state index contributed by atoms with van der Waals surface area (Å²) in [5.41, 5.74) is 1.52. The average molecular weight is 396 g/mol. The van der Waals surface area contributed by atoms with Gasteiger partial charge in [-0.1, -0.05) is 30.3 Å². The molecule has 152 valence electrons. The first kappa shape index (κ1) is 20.4. The van der Waals surface area contributed by atoms with Crippen LogP contribution in [0, 0.1) is 6.92 Å². The molecule has 2 heterocycles. The topological polar surface area (TPSA) is 79.5 Å². The van der Waals surface area contributed by atoms with E-state index in [2.05, 4.69) is 0 Å². The van der Waals surface area contributed by atoms with Crippen molar-refractivity contribution in [2.75, 3.05) is 13.2 Å². The molecule has 0 atom stereocenters. The van der Waals surface area contributed by atoms with Gasteiger partial charge in [0.1, 0.15) is 5.39 Å². The summed E-state index contributed by atoms with van der Waals surface area (Å²) in [4.78, 5) is 38.5. The Morgan fingerprint density at radius 1 is 1.07 bits per heavy atom. The molecular weight excluding hydrogens is 372 g/mol. The molecule has 0 spiro atoms. The van der Waals surface area contributed by atoms with Crippen LogP contribution in [0.2, 0.25) is 0 Å².